The number of hydrogen-bond donors (Lipinski definition) is 3. The van der Waals surface area contributed by atoms with E-state index in [9.17, 15) is 13.2 Å². The van der Waals surface area contributed by atoms with Crippen LogP contribution >= 0.6 is 0 Å². The average molecular weight is 314 g/mol. The first kappa shape index (κ1) is 17.6. The quantitative estimate of drug-likeness (QED) is 0.608. The summed E-state index contributed by atoms with van der Waals surface area (Å²) in [6.07, 6.45) is 0.551. The van der Waals surface area contributed by atoms with Crippen LogP contribution in [0.3, 0.4) is 0 Å². The molecule has 0 fully saturated rings. The summed E-state index contributed by atoms with van der Waals surface area (Å²) in [5, 5.41) is 11.2. The number of amides is 1. The Morgan fingerprint density at radius 1 is 1.24 bits per heavy atom. The van der Waals surface area contributed by atoms with Gasteiger partial charge >= 0.3 is 0 Å². The molecule has 0 spiro atoms. The highest BCUT2D eigenvalue weighted by atomic mass is 32.2. The van der Waals surface area contributed by atoms with Gasteiger partial charge in [-0.25, -0.2) is 13.1 Å². The summed E-state index contributed by atoms with van der Waals surface area (Å²) in [4.78, 5) is 11.7. The fourth-order valence-corrected chi connectivity index (χ4v) is 3.13. The van der Waals surface area contributed by atoms with Crippen LogP contribution in [0.4, 0.5) is 0 Å². The monoisotopic (exact) mass is 314 g/mol. The number of nitrogens with one attached hydrogen (secondary N) is 2. The van der Waals surface area contributed by atoms with Crippen molar-refractivity contribution >= 4 is 15.9 Å². The smallest absolute Gasteiger partial charge is 0.240 e. The zero-order valence-electron chi connectivity index (χ0n) is 12.3. The van der Waals surface area contributed by atoms with Gasteiger partial charge in [0.25, 0.3) is 0 Å². The number of aryl methyl sites for hydroxylation is 2. The molecule has 0 saturated carbocycles. The van der Waals surface area contributed by atoms with Crippen molar-refractivity contribution in [2.45, 2.75) is 31.6 Å². The molecule has 0 aliphatic rings. The second-order valence-corrected chi connectivity index (χ2v) is 6.58. The van der Waals surface area contributed by atoms with E-state index in [1.807, 2.05) is 13.0 Å². The van der Waals surface area contributed by atoms with E-state index in [4.69, 9.17) is 5.11 Å². The highest BCUT2D eigenvalue weighted by Crippen LogP contribution is 2.16. The number of carbonyl (C=O) groups is 1. The molecule has 0 aliphatic carbocycles. The third-order valence-corrected chi connectivity index (χ3v) is 4.54. The van der Waals surface area contributed by atoms with Crippen LogP contribution in [0.2, 0.25) is 0 Å². The molecule has 21 heavy (non-hydrogen) atoms. The van der Waals surface area contributed by atoms with Crippen LogP contribution in [-0.2, 0) is 14.8 Å². The Morgan fingerprint density at radius 3 is 2.62 bits per heavy atom. The maximum atomic E-state index is 12.2. The molecule has 0 unspecified atom stereocenters. The fraction of sp³-hybridized carbons (Fsp3) is 0.500. The Hall–Kier alpha value is -1.44. The number of aliphatic hydroxyl groups excluding tert-OH is 1. The molecule has 0 atom stereocenters. The zero-order chi connectivity index (χ0) is 15.9. The lowest BCUT2D eigenvalue weighted by Gasteiger charge is -2.10. The molecule has 1 amide bonds. The first-order valence-corrected chi connectivity index (χ1v) is 8.29. The minimum atomic E-state index is -3.60. The molecule has 0 heterocycles. The van der Waals surface area contributed by atoms with Gasteiger partial charge in [0.05, 0.1) is 4.90 Å². The van der Waals surface area contributed by atoms with E-state index >= 15 is 0 Å². The third kappa shape index (κ3) is 5.82. The van der Waals surface area contributed by atoms with Crippen LogP contribution in [-0.4, -0.2) is 39.1 Å². The van der Waals surface area contributed by atoms with Crippen molar-refractivity contribution in [3.05, 3.63) is 29.3 Å². The first-order valence-electron chi connectivity index (χ1n) is 6.81. The second-order valence-electron chi connectivity index (χ2n) is 4.84. The number of aliphatic hydroxyl groups is 1. The van der Waals surface area contributed by atoms with Crippen molar-refractivity contribution in [3.63, 3.8) is 0 Å². The predicted octanol–water partition coefficient (Wildman–Crippen LogP) is 0.470. The van der Waals surface area contributed by atoms with Gasteiger partial charge in [-0.15, -0.1) is 0 Å². The number of carbonyl (C=O) groups excluding carboxylic acids is 1. The number of hydrogen-bond acceptors (Lipinski definition) is 4. The molecule has 1 rings (SSSR count). The summed E-state index contributed by atoms with van der Waals surface area (Å²) in [7, 11) is -3.60. The molecule has 0 aliphatic heterocycles. The van der Waals surface area contributed by atoms with Crippen molar-refractivity contribution in [2.75, 3.05) is 19.7 Å². The maximum Gasteiger partial charge on any atom is 0.240 e. The molecule has 6 nitrogen and oxygen atoms in total. The van der Waals surface area contributed by atoms with E-state index < -0.39 is 10.0 Å². The lowest BCUT2D eigenvalue weighted by atomic mass is 10.2. The van der Waals surface area contributed by atoms with Gasteiger partial charge in [0.15, 0.2) is 0 Å². The molecule has 1 aromatic carbocycles. The van der Waals surface area contributed by atoms with Crippen molar-refractivity contribution in [1.29, 1.82) is 0 Å². The lowest BCUT2D eigenvalue weighted by Crippen LogP contribution is -2.31. The maximum absolute atomic E-state index is 12.2. The van der Waals surface area contributed by atoms with E-state index in [-0.39, 0.29) is 30.4 Å². The van der Waals surface area contributed by atoms with Crippen molar-refractivity contribution in [1.82, 2.24) is 10.0 Å². The molecular weight excluding hydrogens is 292 g/mol. The van der Waals surface area contributed by atoms with Crippen LogP contribution in [0.15, 0.2) is 23.1 Å². The summed E-state index contributed by atoms with van der Waals surface area (Å²) >= 11 is 0. The van der Waals surface area contributed by atoms with Crippen molar-refractivity contribution < 1.29 is 18.3 Å². The van der Waals surface area contributed by atoms with Gasteiger partial charge < -0.3 is 10.4 Å². The van der Waals surface area contributed by atoms with E-state index in [1.165, 1.54) is 0 Å². The lowest BCUT2D eigenvalue weighted by molar-refractivity contribution is -0.120. The Bertz CT molecular complexity index is 585. The SMILES string of the molecule is Cc1ccc(C)c(S(=O)(=O)NCCC(=O)NCCCO)c1. The second kappa shape index (κ2) is 8.11. The molecule has 0 aromatic heterocycles. The summed E-state index contributed by atoms with van der Waals surface area (Å²) < 4.78 is 26.8. The minimum Gasteiger partial charge on any atom is -0.396 e. The van der Waals surface area contributed by atoms with Crippen molar-refractivity contribution in [2.24, 2.45) is 0 Å². The largest absolute Gasteiger partial charge is 0.396 e. The Balaban J connectivity index is 2.54. The van der Waals surface area contributed by atoms with Crippen LogP contribution in [0.1, 0.15) is 24.0 Å². The summed E-state index contributed by atoms with van der Waals surface area (Å²) in [5.41, 5.74) is 1.53. The van der Waals surface area contributed by atoms with Gasteiger partial charge in [-0.05, 0) is 37.5 Å². The summed E-state index contributed by atoms with van der Waals surface area (Å²) in [6.45, 7) is 4.00. The Morgan fingerprint density at radius 2 is 1.95 bits per heavy atom. The average Bonchev–Trinajstić information content (AvgIpc) is 2.41. The topological polar surface area (TPSA) is 95.5 Å². The highest BCUT2D eigenvalue weighted by molar-refractivity contribution is 7.89. The predicted molar refractivity (Wildman–Crippen MR) is 80.4 cm³/mol. The molecule has 0 saturated heterocycles. The fourth-order valence-electron chi connectivity index (χ4n) is 1.77. The molecular formula is C14H22N2O4S. The highest BCUT2D eigenvalue weighted by Gasteiger charge is 2.16. The number of rotatable bonds is 8. The Kier molecular flexibility index (Phi) is 6.80. The standard InChI is InChI=1S/C14H22N2O4S/c1-11-4-5-12(2)13(10-11)21(19,20)16-8-6-14(18)15-7-3-9-17/h4-5,10,16-17H,3,6-9H2,1-2H3,(H,15,18). The number of sulfonamides is 1. The van der Waals surface area contributed by atoms with Gasteiger partial charge in [-0.2, -0.15) is 0 Å². The van der Waals surface area contributed by atoms with E-state index in [0.717, 1.165) is 5.56 Å². The van der Waals surface area contributed by atoms with Gasteiger partial charge in [0, 0.05) is 26.1 Å². The molecule has 3 N–H and O–H groups in total. The van der Waals surface area contributed by atoms with Gasteiger partial charge in [0.2, 0.25) is 15.9 Å². The zero-order valence-corrected chi connectivity index (χ0v) is 13.2. The molecule has 118 valence electrons. The van der Waals surface area contributed by atoms with Gasteiger partial charge in [0.1, 0.15) is 0 Å². The van der Waals surface area contributed by atoms with Crippen LogP contribution < -0.4 is 10.0 Å². The molecule has 7 heteroatoms. The third-order valence-electron chi connectivity index (χ3n) is 2.93. The van der Waals surface area contributed by atoms with E-state index in [1.54, 1.807) is 19.1 Å². The molecule has 0 radical (unpaired) electrons. The molecule has 1 aromatic rings. The molecule has 0 bridgehead atoms. The van der Waals surface area contributed by atoms with Gasteiger partial charge in [-0.1, -0.05) is 12.1 Å². The van der Waals surface area contributed by atoms with Crippen LogP contribution in [0.25, 0.3) is 0 Å². The van der Waals surface area contributed by atoms with Crippen molar-refractivity contribution in [3.8, 4) is 0 Å². The normalized spacial score (nSPS) is 11.4. The summed E-state index contributed by atoms with van der Waals surface area (Å²) in [5.74, 6) is -0.243. The number of benzene rings is 1. The Labute approximate surface area is 125 Å². The van der Waals surface area contributed by atoms with Crippen LogP contribution in [0, 0.1) is 13.8 Å². The summed E-state index contributed by atoms with van der Waals surface area (Å²) in [6, 6.07) is 5.22. The van der Waals surface area contributed by atoms with Gasteiger partial charge in [-0.3, -0.25) is 4.79 Å². The van der Waals surface area contributed by atoms with E-state index in [2.05, 4.69) is 10.0 Å². The van der Waals surface area contributed by atoms with E-state index in [0.29, 0.717) is 18.5 Å². The first-order chi connectivity index (χ1) is 9.86. The van der Waals surface area contributed by atoms with Crippen LogP contribution in [0.5, 0.6) is 0 Å². The minimum absolute atomic E-state index is 0.0134.